The predicted octanol–water partition coefficient (Wildman–Crippen LogP) is 1.52. The van der Waals surface area contributed by atoms with E-state index >= 15 is 0 Å². The maximum Gasteiger partial charge on any atom is 0.126 e. The van der Waals surface area contributed by atoms with Crippen LogP contribution < -0.4 is 5.73 Å². The van der Waals surface area contributed by atoms with Crippen LogP contribution in [-0.4, -0.2) is 11.7 Å². The van der Waals surface area contributed by atoms with Crippen LogP contribution in [0.5, 0.6) is 0 Å². The first-order chi connectivity index (χ1) is 6.45. The summed E-state index contributed by atoms with van der Waals surface area (Å²) in [5.41, 5.74) is 4.21. The van der Waals surface area contributed by atoms with Crippen LogP contribution in [-0.2, 0) is 5.60 Å². The zero-order chi connectivity index (χ0) is 10.8. The molecule has 1 aromatic carbocycles. The second-order valence-electron chi connectivity index (χ2n) is 3.47. The lowest BCUT2D eigenvalue weighted by Crippen LogP contribution is -2.25. The SMILES string of the molecule is CC(O)(CCN)c1cc(F)cc(F)c1. The van der Waals surface area contributed by atoms with Crippen molar-refractivity contribution in [1.29, 1.82) is 0 Å². The summed E-state index contributed by atoms with van der Waals surface area (Å²) < 4.78 is 25.6. The maximum atomic E-state index is 12.8. The Bertz CT molecular complexity index is 306. The van der Waals surface area contributed by atoms with E-state index in [2.05, 4.69) is 0 Å². The van der Waals surface area contributed by atoms with E-state index in [4.69, 9.17) is 5.73 Å². The third-order valence-corrected chi connectivity index (χ3v) is 2.12. The van der Waals surface area contributed by atoms with Gasteiger partial charge in [-0.1, -0.05) is 0 Å². The Balaban J connectivity index is 3.05. The first-order valence-corrected chi connectivity index (χ1v) is 4.35. The number of rotatable bonds is 3. The smallest absolute Gasteiger partial charge is 0.126 e. The van der Waals surface area contributed by atoms with E-state index in [9.17, 15) is 13.9 Å². The van der Waals surface area contributed by atoms with Gasteiger partial charge in [0.25, 0.3) is 0 Å². The molecule has 3 N–H and O–H groups in total. The molecule has 0 radical (unpaired) electrons. The van der Waals surface area contributed by atoms with Gasteiger partial charge in [0.15, 0.2) is 0 Å². The van der Waals surface area contributed by atoms with Gasteiger partial charge >= 0.3 is 0 Å². The zero-order valence-corrected chi connectivity index (χ0v) is 7.93. The zero-order valence-electron chi connectivity index (χ0n) is 7.93. The molecule has 4 heteroatoms. The highest BCUT2D eigenvalue weighted by Crippen LogP contribution is 2.25. The highest BCUT2D eigenvalue weighted by Gasteiger charge is 2.23. The van der Waals surface area contributed by atoms with Gasteiger partial charge in [0.2, 0.25) is 0 Å². The van der Waals surface area contributed by atoms with E-state index in [1.807, 2.05) is 0 Å². The summed E-state index contributed by atoms with van der Waals surface area (Å²) in [4.78, 5) is 0. The molecule has 0 fully saturated rings. The van der Waals surface area contributed by atoms with Gasteiger partial charge in [-0.3, -0.25) is 0 Å². The van der Waals surface area contributed by atoms with E-state index in [0.717, 1.165) is 18.2 Å². The van der Waals surface area contributed by atoms with E-state index in [-0.39, 0.29) is 18.5 Å². The number of hydrogen-bond donors (Lipinski definition) is 2. The van der Waals surface area contributed by atoms with E-state index in [0.29, 0.717) is 0 Å². The fourth-order valence-corrected chi connectivity index (χ4v) is 1.29. The maximum absolute atomic E-state index is 12.8. The minimum Gasteiger partial charge on any atom is -0.385 e. The number of aliphatic hydroxyl groups is 1. The molecular weight excluding hydrogens is 188 g/mol. The molecule has 0 aliphatic rings. The molecule has 0 bridgehead atoms. The monoisotopic (exact) mass is 201 g/mol. The van der Waals surface area contributed by atoms with Crippen molar-refractivity contribution in [2.24, 2.45) is 5.73 Å². The summed E-state index contributed by atoms with van der Waals surface area (Å²) in [5, 5.41) is 9.82. The minimum absolute atomic E-state index is 0.209. The van der Waals surface area contributed by atoms with Crippen molar-refractivity contribution in [3.63, 3.8) is 0 Å². The predicted molar refractivity (Wildman–Crippen MR) is 49.6 cm³/mol. The van der Waals surface area contributed by atoms with Crippen molar-refractivity contribution in [1.82, 2.24) is 0 Å². The molecule has 0 aliphatic carbocycles. The minimum atomic E-state index is -1.28. The normalized spacial score (nSPS) is 15.2. The van der Waals surface area contributed by atoms with E-state index < -0.39 is 17.2 Å². The van der Waals surface area contributed by atoms with Gasteiger partial charge < -0.3 is 10.8 Å². The summed E-state index contributed by atoms with van der Waals surface area (Å²) in [6.45, 7) is 1.74. The van der Waals surface area contributed by atoms with Gasteiger partial charge in [-0.2, -0.15) is 0 Å². The molecule has 0 saturated carbocycles. The average molecular weight is 201 g/mol. The van der Waals surface area contributed by atoms with Crippen LogP contribution in [0.4, 0.5) is 8.78 Å². The molecule has 0 spiro atoms. The first kappa shape index (κ1) is 11.1. The van der Waals surface area contributed by atoms with Crippen molar-refractivity contribution in [3.05, 3.63) is 35.4 Å². The summed E-state index contributed by atoms with van der Waals surface area (Å²) in [5.74, 6) is -1.39. The van der Waals surface area contributed by atoms with Crippen LogP contribution in [0.3, 0.4) is 0 Å². The summed E-state index contributed by atoms with van der Waals surface area (Å²) >= 11 is 0. The van der Waals surface area contributed by atoms with Crippen molar-refractivity contribution in [3.8, 4) is 0 Å². The van der Waals surface area contributed by atoms with Gasteiger partial charge in [0.05, 0.1) is 5.60 Å². The van der Waals surface area contributed by atoms with Crippen LogP contribution in [0.25, 0.3) is 0 Å². The van der Waals surface area contributed by atoms with Crippen molar-refractivity contribution >= 4 is 0 Å². The molecule has 0 aromatic heterocycles. The number of nitrogens with two attached hydrogens (primary N) is 1. The Kier molecular flexibility index (Phi) is 3.18. The molecule has 0 aliphatic heterocycles. The lowest BCUT2D eigenvalue weighted by molar-refractivity contribution is 0.0497. The molecule has 0 saturated heterocycles. The summed E-state index contributed by atoms with van der Waals surface area (Å²) in [7, 11) is 0. The highest BCUT2D eigenvalue weighted by molar-refractivity contribution is 5.23. The second kappa shape index (κ2) is 4.02. The summed E-state index contributed by atoms with van der Waals surface area (Å²) in [6.07, 6.45) is 0.260. The topological polar surface area (TPSA) is 46.2 Å². The largest absolute Gasteiger partial charge is 0.385 e. The quantitative estimate of drug-likeness (QED) is 0.778. The van der Waals surface area contributed by atoms with Crippen LogP contribution in [0.2, 0.25) is 0 Å². The molecule has 14 heavy (non-hydrogen) atoms. The van der Waals surface area contributed by atoms with Crippen molar-refractivity contribution in [2.45, 2.75) is 18.9 Å². The molecule has 1 atom stereocenters. The van der Waals surface area contributed by atoms with Gasteiger partial charge in [-0.25, -0.2) is 8.78 Å². The van der Waals surface area contributed by atoms with E-state index in [1.165, 1.54) is 6.92 Å². The Morgan fingerprint density at radius 3 is 2.21 bits per heavy atom. The van der Waals surface area contributed by atoms with Crippen molar-refractivity contribution < 1.29 is 13.9 Å². The van der Waals surface area contributed by atoms with Crippen LogP contribution >= 0.6 is 0 Å². The Hall–Kier alpha value is -1.00. The standard InChI is InChI=1S/C10H13F2NO/c1-10(14,2-3-13)7-4-8(11)6-9(12)5-7/h4-6,14H,2-3,13H2,1H3. The van der Waals surface area contributed by atoms with Crippen molar-refractivity contribution in [2.75, 3.05) is 6.54 Å². The number of benzene rings is 1. The van der Waals surface area contributed by atoms with Crippen LogP contribution in [0.1, 0.15) is 18.9 Å². The number of hydrogen-bond acceptors (Lipinski definition) is 2. The molecule has 2 nitrogen and oxygen atoms in total. The Morgan fingerprint density at radius 2 is 1.79 bits per heavy atom. The first-order valence-electron chi connectivity index (χ1n) is 4.35. The Morgan fingerprint density at radius 1 is 1.29 bits per heavy atom. The second-order valence-corrected chi connectivity index (χ2v) is 3.47. The lowest BCUT2D eigenvalue weighted by Gasteiger charge is -2.23. The average Bonchev–Trinajstić information content (AvgIpc) is 2.02. The van der Waals surface area contributed by atoms with E-state index in [1.54, 1.807) is 0 Å². The molecule has 78 valence electrons. The summed E-state index contributed by atoms with van der Waals surface area (Å²) in [6, 6.07) is 2.99. The molecule has 0 heterocycles. The molecule has 1 aromatic rings. The van der Waals surface area contributed by atoms with Gasteiger partial charge in [-0.05, 0) is 37.6 Å². The highest BCUT2D eigenvalue weighted by atomic mass is 19.1. The lowest BCUT2D eigenvalue weighted by atomic mass is 9.92. The molecular formula is C10H13F2NO. The van der Waals surface area contributed by atoms with Gasteiger partial charge in [0, 0.05) is 6.07 Å². The third-order valence-electron chi connectivity index (χ3n) is 2.12. The fourth-order valence-electron chi connectivity index (χ4n) is 1.29. The fraction of sp³-hybridized carbons (Fsp3) is 0.400. The van der Waals surface area contributed by atoms with Gasteiger partial charge in [0.1, 0.15) is 11.6 Å². The molecule has 1 unspecified atom stereocenters. The molecule has 1 rings (SSSR count). The number of halogens is 2. The van der Waals surface area contributed by atoms with Gasteiger partial charge in [-0.15, -0.1) is 0 Å². The third kappa shape index (κ3) is 2.49. The van der Waals surface area contributed by atoms with Crippen LogP contribution in [0.15, 0.2) is 18.2 Å². The molecule has 0 amide bonds. The Labute approximate surface area is 81.4 Å². The van der Waals surface area contributed by atoms with Crippen LogP contribution in [0, 0.1) is 11.6 Å².